The van der Waals surface area contributed by atoms with E-state index in [0.29, 0.717) is 32.0 Å². The molecule has 0 aliphatic carbocycles. The van der Waals surface area contributed by atoms with E-state index in [1.54, 1.807) is 6.07 Å². The van der Waals surface area contributed by atoms with Crippen LogP contribution in [-0.2, 0) is 4.74 Å². The molecular formula is C15H18N4O2. The first-order valence-corrected chi connectivity index (χ1v) is 6.99. The number of hydrogen-bond donors (Lipinski definition) is 2. The Kier molecular flexibility index (Phi) is 3.98. The molecule has 0 radical (unpaired) electrons. The number of hydrazine groups is 1. The van der Waals surface area contributed by atoms with Crippen LogP contribution in [0.2, 0.25) is 0 Å². The van der Waals surface area contributed by atoms with Crippen LogP contribution in [0.1, 0.15) is 10.5 Å². The van der Waals surface area contributed by atoms with Crippen LogP contribution in [0.25, 0.3) is 10.9 Å². The lowest BCUT2D eigenvalue weighted by atomic mass is 10.1. The molecule has 21 heavy (non-hydrogen) atoms. The van der Waals surface area contributed by atoms with Gasteiger partial charge < -0.3 is 10.1 Å². The van der Waals surface area contributed by atoms with Gasteiger partial charge in [0.2, 0.25) is 0 Å². The van der Waals surface area contributed by atoms with Crippen molar-refractivity contribution in [1.29, 1.82) is 0 Å². The first-order chi connectivity index (χ1) is 10.3. The zero-order chi connectivity index (χ0) is 14.7. The number of rotatable bonds is 3. The number of ether oxygens (including phenoxy) is 1. The third-order valence-corrected chi connectivity index (χ3v) is 3.49. The Morgan fingerprint density at radius 3 is 2.81 bits per heavy atom. The molecule has 1 amide bonds. The van der Waals surface area contributed by atoms with Gasteiger partial charge in [-0.1, -0.05) is 18.2 Å². The summed E-state index contributed by atoms with van der Waals surface area (Å²) in [6.45, 7) is 2.65. The molecule has 1 aliphatic heterocycles. The first kappa shape index (κ1) is 13.8. The fourth-order valence-corrected chi connectivity index (χ4v) is 2.37. The van der Waals surface area contributed by atoms with E-state index < -0.39 is 0 Å². The molecule has 0 bridgehead atoms. The van der Waals surface area contributed by atoms with Crippen LogP contribution in [-0.4, -0.2) is 49.3 Å². The van der Waals surface area contributed by atoms with Crippen molar-refractivity contribution in [3.63, 3.8) is 0 Å². The second-order valence-electron chi connectivity index (χ2n) is 4.86. The summed E-state index contributed by atoms with van der Waals surface area (Å²) in [5.74, 6) is -0.195. The standard InChI is InChI=1S/C15H18N4O2/c1-16-13-10-14(17-12-5-3-2-4-11(12)13)15(20)18-19-6-8-21-9-7-19/h2-5,10H,6-9H2,1H3,(H,16,17)(H,18,20). The van der Waals surface area contributed by atoms with E-state index in [1.165, 1.54) is 0 Å². The van der Waals surface area contributed by atoms with Crippen molar-refractivity contribution in [3.05, 3.63) is 36.0 Å². The molecular weight excluding hydrogens is 268 g/mol. The summed E-state index contributed by atoms with van der Waals surface area (Å²) in [7, 11) is 1.84. The minimum atomic E-state index is -0.195. The zero-order valence-corrected chi connectivity index (χ0v) is 11.9. The van der Waals surface area contributed by atoms with Crippen molar-refractivity contribution >= 4 is 22.5 Å². The number of carbonyl (C=O) groups excluding carboxylic acids is 1. The Balaban J connectivity index is 1.87. The van der Waals surface area contributed by atoms with Crippen molar-refractivity contribution in [2.45, 2.75) is 0 Å². The van der Waals surface area contributed by atoms with Gasteiger partial charge in [-0.2, -0.15) is 0 Å². The van der Waals surface area contributed by atoms with E-state index in [1.807, 2.05) is 36.3 Å². The van der Waals surface area contributed by atoms with Gasteiger partial charge >= 0.3 is 0 Å². The topological polar surface area (TPSA) is 66.5 Å². The van der Waals surface area contributed by atoms with Gasteiger partial charge in [-0.3, -0.25) is 10.2 Å². The molecule has 1 aromatic heterocycles. The quantitative estimate of drug-likeness (QED) is 0.889. The normalized spacial score (nSPS) is 15.9. The summed E-state index contributed by atoms with van der Waals surface area (Å²) in [6.07, 6.45) is 0. The van der Waals surface area contributed by atoms with Crippen molar-refractivity contribution in [3.8, 4) is 0 Å². The van der Waals surface area contributed by atoms with Crippen LogP contribution < -0.4 is 10.7 Å². The average Bonchev–Trinajstić information content (AvgIpc) is 2.54. The number of morpholine rings is 1. The molecule has 3 rings (SSSR count). The lowest BCUT2D eigenvalue weighted by Gasteiger charge is -2.26. The van der Waals surface area contributed by atoms with E-state index in [4.69, 9.17) is 4.74 Å². The molecule has 0 spiro atoms. The number of nitrogens with zero attached hydrogens (tertiary/aromatic N) is 2. The Morgan fingerprint density at radius 1 is 1.29 bits per heavy atom. The van der Waals surface area contributed by atoms with Crippen LogP contribution >= 0.6 is 0 Å². The molecule has 2 N–H and O–H groups in total. The number of para-hydroxylation sites is 1. The molecule has 1 fully saturated rings. The summed E-state index contributed by atoms with van der Waals surface area (Å²) < 4.78 is 5.26. The SMILES string of the molecule is CNc1cc(C(=O)NN2CCOCC2)nc2ccccc12. The van der Waals surface area contributed by atoms with Crippen LogP contribution in [0, 0.1) is 0 Å². The van der Waals surface area contributed by atoms with Gasteiger partial charge in [-0.15, -0.1) is 0 Å². The molecule has 2 aromatic rings. The number of anilines is 1. The van der Waals surface area contributed by atoms with E-state index in [2.05, 4.69) is 15.7 Å². The van der Waals surface area contributed by atoms with E-state index in [0.717, 1.165) is 16.6 Å². The number of benzene rings is 1. The summed E-state index contributed by atoms with van der Waals surface area (Å²) in [5, 5.41) is 5.98. The predicted octanol–water partition coefficient (Wildman–Crippen LogP) is 1.25. The third-order valence-electron chi connectivity index (χ3n) is 3.49. The highest BCUT2D eigenvalue weighted by Gasteiger charge is 2.16. The van der Waals surface area contributed by atoms with Gasteiger partial charge in [0.15, 0.2) is 0 Å². The minimum absolute atomic E-state index is 0.195. The fourth-order valence-electron chi connectivity index (χ4n) is 2.37. The van der Waals surface area contributed by atoms with E-state index >= 15 is 0 Å². The van der Waals surface area contributed by atoms with Crippen LogP contribution in [0.3, 0.4) is 0 Å². The van der Waals surface area contributed by atoms with E-state index in [9.17, 15) is 4.79 Å². The maximum absolute atomic E-state index is 12.3. The minimum Gasteiger partial charge on any atom is -0.388 e. The molecule has 2 heterocycles. The average molecular weight is 286 g/mol. The van der Waals surface area contributed by atoms with E-state index in [-0.39, 0.29) is 5.91 Å². The summed E-state index contributed by atoms with van der Waals surface area (Å²) in [6, 6.07) is 9.54. The number of amides is 1. The van der Waals surface area contributed by atoms with Crippen LogP contribution in [0.4, 0.5) is 5.69 Å². The Hall–Kier alpha value is -2.18. The summed E-state index contributed by atoms with van der Waals surface area (Å²) in [4.78, 5) is 16.8. The molecule has 6 nitrogen and oxygen atoms in total. The zero-order valence-electron chi connectivity index (χ0n) is 11.9. The largest absolute Gasteiger partial charge is 0.388 e. The molecule has 6 heteroatoms. The van der Waals surface area contributed by atoms with Crippen molar-refractivity contribution in [1.82, 2.24) is 15.4 Å². The van der Waals surface area contributed by atoms with Gasteiger partial charge in [-0.05, 0) is 12.1 Å². The lowest BCUT2D eigenvalue weighted by molar-refractivity contribution is 0.0125. The smallest absolute Gasteiger partial charge is 0.284 e. The van der Waals surface area contributed by atoms with Crippen LogP contribution in [0.5, 0.6) is 0 Å². The number of fused-ring (bicyclic) bond motifs is 1. The highest BCUT2D eigenvalue weighted by atomic mass is 16.5. The van der Waals surface area contributed by atoms with Gasteiger partial charge in [0.25, 0.3) is 5.91 Å². The van der Waals surface area contributed by atoms with Gasteiger partial charge in [0.1, 0.15) is 5.69 Å². The highest BCUT2D eigenvalue weighted by Crippen LogP contribution is 2.22. The predicted molar refractivity (Wildman–Crippen MR) is 81.1 cm³/mol. The Bertz CT molecular complexity index is 653. The molecule has 1 aromatic carbocycles. The van der Waals surface area contributed by atoms with Crippen molar-refractivity contribution < 1.29 is 9.53 Å². The maximum Gasteiger partial charge on any atom is 0.284 e. The molecule has 1 aliphatic rings. The fraction of sp³-hybridized carbons (Fsp3) is 0.333. The second kappa shape index (κ2) is 6.07. The number of aromatic nitrogens is 1. The second-order valence-corrected chi connectivity index (χ2v) is 4.86. The Morgan fingerprint density at radius 2 is 2.05 bits per heavy atom. The number of hydrogen-bond acceptors (Lipinski definition) is 5. The molecule has 1 saturated heterocycles. The molecule has 0 unspecified atom stereocenters. The monoisotopic (exact) mass is 286 g/mol. The first-order valence-electron chi connectivity index (χ1n) is 6.99. The third kappa shape index (κ3) is 2.96. The lowest BCUT2D eigenvalue weighted by Crippen LogP contribution is -2.48. The van der Waals surface area contributed by atoms with Crippen molar-refractivity contribution in [2.24, 2.45) is 0 Å². The summed E-state index contributed by atoms with van der Waals surface area (Å²) >= 11 is 0. The molecule has 0 saturated carbocycles. The summed E-state index contributed by atoms with van der Waals surface area (Å²) in [5.41, 5.74) is 4.98. The number of pyridine rings is 1. The molecule has 110 valence electrons. The van der Waals surface area contributed by atoms with Gasteiger partial charge in [0, 0.05) is 31.2 Å². The number of nitrogens with one attached hydrogen (secondary N) is 2. The Labute approximate surface area is 123 Å². The number of carbonyl (C=O) groups is 1. The van der Waals surface area contributed by atoms with Gasteiger partial charge in [0.05, 0.1) is 18.7 Å². The molecule has 0 atom stereocenters. The highest BCUT2D eigenvalue weighted by molar-refractivity contribution is 5.99. The van der Waals surface area contributed by atoms with Crippen molar-refractivity contribution in [2.75, 3.05) is 38.7 Å². The van der Waals surface area contributed by atoms with Crippen LogP contribution in [0.15, 0.2) is 30.3 Å². The van der Waals surface area contributed by atoms with Gasteiger partial charge in [-0.25, -0.2) is 9.99 Å². The maximum atomic E-state index is 12.3.